The molecular formula is C26H20ClN3O7. The van der Waals surface area contributed by atoms with E-state index in [1.807, 2.05) is 0 Å². The van der Waals surface area contributed by atoms with E-state index in [9.17, 15) is 24.5 Å². The Balaban J connectivity index is 1.30. The van der Waals surface area contributed by atoms with Crippen LogP contribution in [0.25, 0.3) is 0 Å². The van der Waals surface area contributed by atoms with Crippen molar-refractivity contribution in [1.82, 2.24) is 4.90 Å². The molecule has 1 saturated heterocycles. The van der Waals surface area contributed by atoms with Crippen LogP contribution in [0.5, 0.6) is 11.5 Å². The van der Waals surface area contributed by atoms with Crippen LogP contribution in [0, 0.1) is 10.1 Å². The van der Waals surface area contributed by atoms with E-state index in [4.69, 9.17) is 21.1 Å². The van der Waals surface area contributed by atoms with E-state index in [-0.39, 0.29) is 40.4 Å². The number of rotatable bonds is 7. The predicted octanol–water partition coefficient (Wildman–Crippen LogP) is 5.07. The maximum Gasteiger partial charge on any atom is 0.270 e. The Kier molecular flexibility index (Phi) is 6.60. The number of amides is 3. The lowest BCUT2D eigenvalue weighted by atomic mass is 10.1. The lowest BCUT2D eigenvalue weighted by Crippen LogP contribution is -2.36. The summed E-state index contributed by atoms with van der Waals surface area (Å²) >= 11 is 6.06. The van der Waals surface area contributed by atoms with Gasteiger partial charge in [0, 0.05) is 30.5 Å². The number of anilines is 1. The van der Waals surface area contributed by atoms with Gasteiger partial charge in [-0.2, -0.15) is 0 Å². The van der Waals surface area contributed by atoms with Gasteiger partial charge in [-0.1, -0.05) is 17.7 Å². The fraction of sp³-hybridized carbons (Fsp3) is 0.192. The summed E-state index contributed by atoms with van der Waals surface area (Å²) in [6.45, 7) is 0.850. The number of nitrogens with zero attached hydrogens (tertiary/aromatic N) is 2. The van der Waals surface area contributed by atoms with Gasteiger partial charge in [0.1, 0.15) is 11.5 Å². The Hall–Kier alpha value is -4.28. The Morgan fingerprint density at radius 2 is 1.86 bits per heavy atom. The van der Waals surface area contributed by atoms with E-state index >= 15 is 0 Å². The Morgan fingerprint density at radius 3 is 2.62 bits per heavy atom. The maximum absolute atomic E-state index is 12.9. The lowest BCUT2D eigenvalue weighted by Gasteiger charge is -2.17. The number of hydrogen-bond donors (Lipinski definition) is 1. The van der Waals surface area contributed by atoms with Crippen LogP contribution in [0.2, 0.25) is 5.02 Å². The molecule has 5 rings (SSSR count). The van der Waals surface area contributed by atoms with Gasteiger partial charge in [-0.25, -0.2) is 0 Å². The molecule has 3 aromatic carbocycles. The molecule has 0 bridgehead atoms. The summed E-state index contributed by atoms with van der Waals surface area (Å²) in [5, 5.41) is 13.7. The zero-order chi connectivity index (χ0) is 26.1. The Bertz CT molecular complexity index is 1440. The average molecular weight is 522 g/mol. The second-order valence-electron chi connectivity index (χ2n) is 8.57. The van der Waals surface area contributed by atoms with Crippen molar-refractivity contribution in [1.29, 1.82) is 0 Å². The molecule has 1 N–H and O–H groups in total. The van der Waals surface area contributed by atoms with Crippen molar-refractivity contribution in [3.8, 4) is 11.5 Å². The van der Waals surface area contributed by atoms with Crippen molar-refractivity contribution in [2.75, 3.05) is 18.5 Å². The lowest BCUT2D eigenvalue weighted by molar-refractivity contribution is -0.384. The van der Waals surface area contributed by atoms with Gasteiger partial charge in [0.2, 0.25) is 0 Å². The smallest absolute Gasteiger partial charge is 0.270 e. The van der Waals surface area contributed by atoms with Gasteiger partial charge in [0.25, 0.3) is 23.4 Å². The van der Waals surface area contributed by atoms with E-state index in [1.54, 1.807) is 36.4 Å². The SMILES string of the molecule is O=C(Nc1cccc(Oc2ccc3c(c2)C(=O)N(CC2CCCO2)C3=O)c1)c1cc([N+](=O)[O-])ccc1Cl. The number of nitro groups is 1. The third-order valence-corrected chi connectivity index (χ3v) is 6.41. The van der Waals surface area contributed by atoms with Gasteiger partial charge < -0.3 is 14.8 Å². The number of halogens is 1. The molecule has 188 valence electrons. The monoisotopic (exact) mass is 521 g/mol. The highest BCUT2D eigenvalue weighted by Crippen LogP contribution is 2.31. The topological polar surface area (TPSA) is 128 Å². The number of nitro benzene ring substituents is 1. The molecule has 3 aromatic rings. The highest BCUT2D eigenvalue weighted by atomic mass is 35.5. The molecule has 3 amide bonds. The molecule has 0 radical (unpaired) electrons. The van der Waals surface area contributed by atoms with Crippen LogP contribution in [0.4, 0.5) is 11.4 Å². The number of nitrogens with one attached hydrogen (secondary N) is 1. The van der Waals surface area contributed by atoms with Crippen LogP contribution < -0.4 is 10.1 Å². The number of fused-ring (bicyclic) bond motifs is 1. The normalized spacial score (nSPS) is 16.6. The zero-order valence-corrected chi connectivity index (χ0v) is 20.1. The quantitative estimate of drug-likeness (QED) is 0.261. The molecule has 0 aromatic heterocycles. The third kappa shape index (κ3) is 5.02. The van der Waals surface area contributed by atoms with E-state index in [0.717, 1.165) is 18.9 Å². The van der Waals surface area contributed by atoms with Crippen LogP contribution in [0.3, 0.4) is 0 Å². The molecule has 0 spiro atoms. The number of carbonyl (C=O) groups excluding carboxylic acids is 3. The summed E-state index contributed by atoms with van der Waals surface area (Å²) in [4.78, 5) is 49.9. The molecule has 2 aliphatic rings. The molecule has 0 saturated carbocycles. The summed E-state index contributed by atoms with van der Waals surface area (Å²) in [6.07, 6.45) is 1.57. The number of benzene rings is 3. The van der Waals surface area contributed by atoms with Gasteiger partial charge in [0.05, 0.1) is 39.3 Å². The van der Waals surface area contributed by atoms with Gasteiger partial charge in [-0.15, -0.1) is 0 Å². The van der Waals surface area contributed by atoms with Crippen molar-refractivity contribution in [3.63, 3.8) is 0 Å². The van der Waals surface area contributed by atoms with E-state index < -0.39 is 16.7 Å². The van der Waals surface area contributed by atoms with Crippen LogP contribution in [-0.2, 0) is 4.74 Å². The molecule has 1 unspecified atom stereocenters. The van der Waals surface area contributed by atoms with Gasteiger partial charge in [0.15, 0.2) is 0 Å². The maximum atomic E-state index is 12.9. The molecule has 1 atom stereocenters. The van der Waals surface area contributed by atoms with Crippen LogP contribution in [0.1, 0.15) is 43.9 Å². The average Bonchev–Trinajstić information content (AvgIpc) is 3.47. The highest BCUT2D eigenvalue weighted by molar-refractivity contribution is 6.34. The van der Waals surface area contributed by atoms with Gasteiger partial charge in [-0.3, -0.25) is 29.4 Å². The minimum atomic E-state index is -0.626. The number of hydrogen-bond acceptors (Lipinski definition) is 7. The first kappa shape index (κ1) is 24.4. The van der Waals surface area contributed by atoms with E-state index in [0.29, 0.717) is 29.4 Å². The minimum absolute atomic E-state index is 0.0449. The van der Waals surface area contributed by atoms with E-state index in [1.165, 1.54) is 23.1 Å². The molecule has 1 fully saturated rings. The summed E-state index contributed by atoms with van der Waals surface area (Å²) in [5.74, 6) is -0.680. The first-order chi connectivity index (χ1) is 17.8. The van der Waals surface area contributed by atoms with Crippen molar-refractivity contribution < 1.29 is 28.8 Å². The summed E-state index contributed by atoms with van der Waals surface area (Å²) in [5.41, 5.74) is 0.623. The Morgan fingerprint density at radius 1 is 1.08 bits per heavy atom. The van der Waals surface area contributed by atoms with E-state index in [2.05, 4.69) is 5.32 Å². The van der Waals surface area contributed by atoms with Crippen LogP contribution in [0.15, 0.2) is 60.7 Å². The standard InChI is InChI=1S/C26H20ClN3O7/c27-23-9-6-16(30(34)35)12-22(23)24(31)28-15-3-1-4-17(11-15)37-18-7-8-20-21(13-18)26(33)29(25(20)32)14-19-5-2-10-36-19/h1,3-4,6-9,11-13,19H,2,5,10,14H2,(H,28,31). The summed E-state index contributed by atoms with van der Waals surface area (Å²) in [7, 11) is 0. The number of imide groups is 1. The number of carbonyl (C=O) groups is 3. The number of ether oxygens (including phenoxy) is 2. The molecule has 11 heteroatoms. The summed E-state index contributed by atoms with van der Waals surface area (Å²) in [6, 6.07) is 14.7. The first-order valence-corrected chi connectivity index (χ1v) is 11.8. The van der Waals surface area contributed by atoms with Crippen molar-refractivity contribution in [2.45, 2.75) is 18.9 Å². The molecule has 0 aliphatic carbocycles. The summed E-state index contributed by atoms with van der Waals surface area (Å²) < 4.78 is 11.4. The molecule has 37 heavy (non-hydrogen) atoms. The van der Waals surface area contributed by atoms with Gasteiger partial charge in [-0.05, 0) is 49.2 Å². The molecule has 2 heterocycles. The van der Waals surface area contributed by atoms with Crippen molar-refractivity contribution in [3.05, 3.63) is 92.5 Å². The highest BCUT2D eigenvalue weighted by Gasteiger charge is 2.37. The Labute approximate surface area is 215 Å². The molecule has 2 aliphatic heterocycles. The van der Waals surface area contributed by atoms with Crippen molar-refractivity contribution >= 4 is 40.7 Å². The molecular weight excluding hydrogens is 502 g/mol. The predicted molar refractivity (Wildman–Crippen MR) is 133 cm³/mol. The van der Waals surface area contributed by atoms with Crippen molar-refractivity contribution in [2.24, 2.45) is 0 Å². The minimum Gasteiger partial charge on any atom is -0.457 e. The largest absolute Gasteiger partial charge is 0.457 e. The fourth-order valence-electron chi connectivity index (χ4n) is 4.26. The second-order valence-corrected chi connectivity index (χ2v) is 8.98. The second kappa shape index (κ2) is 10.00. The first-order valence-electron chi connectivity index (χ1n) is 11.5. The van der Waals surface area contributed by atoms with Crippen LogP contribution in [-0.4, -0.2) is 46.8 Å². The van der Waals surface area contributed by atoms with Crippen LogP contribution >= 0.6 is 11.6 Å². The molecule has 10 nitrogen and oxygen atoms in total. The third-order valence-electron chi connectivity index (χ3n) is 6.09. The van der Waals surface area contributed by atoms with Gasteiger partial charge >= 0.3 is 0 Å². The fourth-order valence-corrected chi connectivity index (χ4v) is 4.47. The zero-order valence-electron chi connectivity index (χ0n) is 19.3. The number of non-ortho nitro benzene ring substituents is 1.